The van der Waals surface area contributed by atoms with Crippen molar-refractivity contribution < 1.29 is 4.79 Å². The molecule has 0 bridgehead atoms. The fraction of sp³-hybridized carbons (Fsp3) is 0.696. The molecule has 0 aromatic heterocycles. The highest BCUT2D eigenvalue weighted by Crippen LogP contribution is 2.12. The lowest BCUT2D eigenvalue weighted by Gasteiger charge is -2.07. The van der Waals surface area contributed by atoms with Gasteiger partial charge in [-0.15, -0.1) is 0 Å². The van der Waals surface area contributed by atoms with Crippen LogP contribution in [-0.4, -0.2) is 5.91 Å². The lowest BCUT2D eigenvalue weighted by atomic mass is 10.0. The van der Waals surface area contributed by atoms with Gasteiger partial charge in [-0.25, -0.2) is 5.43 Å². The van der Waals surface area contributed by atoms with Crippen LogP contribution in [0.4, 0.5) is 0 Å². The average Bonchev–Trinajstić information content (AvgIpc) is 2.66. The number of benzene rings is 1. The van der Waals surface area contributed by atoms with Crippen molar-refractivity contribution in [1.29, 1.82) is 0 Å². The third kappa shape index (κ3) is 13.9. The second kappa shape index (κ2) is 17.1. The zero-order chi connectivity index (χ0) is 18.7. The Kier molecular flexibility index (Phi) is 14.9. The van der Waals surface area contributed by atoms with Crippen LogP contribution < -0.4 is 10.9 Å². The second-order valence-electron chi connectivity index (χ2n) is 7.38. The molecule has 1 amide bonds. The summed E-state index contributed by atoms with van der Waals surface area (Å²) in [6.07, 6.45) is 18.0. The summed E-state index contributed by atoms with van der Waals surface area (Å²) in [5.41, 5.74) is 6.96. The summed E-state index contributed by atoms with van der Waals surface area (Å²) in [6.45, 7) is 2.94. The van der Waals surface area contributed by atoms with Gasteiger partial charge in [-0.3, -0.25) is 10.2 Å². The lowest BCUT2D eigenvalue weighted by Crippen LogP contribution is -2.36. The van der Waals surface area contributed by atoms with E-state index in [0.717, 1.165) is 6.42 Å². The van der Waals surface area contributed by atoms with E-state index in [2.05, 4.69) is 17.8 Å². The Morgan fingerprint density at radius 1 is 0.731 bits per heavy atom. The molecule has 2 N–H and O–H groups in total. The number of carbonyl (C=O) groups is 1. The minimum atomic E-state index is 0.101. The number of nitrogens with one attached hydrogen (secondary N) is 2. The lowest BCUT2D eigenvalue weighted by molar-refractivity contribution is -0.122. The molecule has 1 aromatic carbocycles. The summed E-state index contributed by atoms with van der Waals surface area (Å²) in [6, 6.07) is 10.1. The highest BCUT2D eigenvalue weighted by Gasteiger charge is 2.00. The van der Waals surface area contributed by atoms with Gasteiger partial charge < -0.3 is 0 Å². The van der Waals surface area contributed by atoms with Gasteiger partial charge in [-0.2, -0.15) is 0 Å². The van der Waals surface area contributed by atoms with Gasteiger partial charge in [-0.05, 0) is 12.0 Å². The van der Waals surface area contributed by atoms with E-state index >= 15 is 0 Å². The van der Waals surface area contributed by atoms with Crippen molar-refractivity contribution >= 4 is 5.91 Å². The standard InChI is InChI=1S/C23H40N2O/c1-2-3-4-5-6-7-8-9-10-11-12-13-17-20-23(26)25-24-21-22-18-15-14-16-19-22/h14-16,18-19,24H,2-13,17,20-21H2,1H3,(H,25,26). The molecule has 26 heavy (non-hydrogen) atoms. The molecule has 1 rings (SSSR count). The molecule has 0 saturated heterocycles. The third-order valence-corrected chi connectivity index (χ3v) is 4.87. The number of hydrogen-bond donors (Lipinski definition) is 2. The van der Waals surface area contributed by atoms with Gasteiger partial charge in [0.25, 0.3) is 0 Å². The van der Waals surface area contributed by atoms with Crippen molar-refractivity contribution in [3.8, 4) is 0 Å². The van der Waals surface area contributed by atoms with Crippen LogP contribution in [0.1, 0.15) is 102 Å². The minimum absolute atomic E-state index is 0.101. The number of rotatable bonds is 17. The molecule has 0 fully saturated rings. The first kappa shape index (κ1) is 22.7. The molecule has 0 heterocycles. The van der Waals surface area contributed by atoms with Crippen molar-refractivity contribution in [3.05, 3.63) is 35.9 Å². The van der Waals surface area contributed by atoms with Crippen LogP contribution in [0, 0.1) is 0 Å². The largest absolute Gasteiger partial charge is 0.291 e. The Balaban J connectivity index is 1.79. The quantitative estimate of drug-likeness (QED) is 0.253. The van der Waals surface area contributed by atoms with E-state index in [4.69, 9.17) is 0 Å². The van der Waals surface area contributed by atoms with E-state index in [9.17, 15) is 4.79 Å². The van der Waals surface area contributed by atoms with Crippen molar-refractivity contribution in [2.45, 2.75) is 103 Å². The van der Waals surface area contributed by atoms with Gasteiger partial charge in [0.15, 0.2) is 0 Å². The van der Waals surface area contributed by atoms with Crippen LogP contribution >= 0.6 is 0 Å². The molecular weight excluding hydrogens is 320 g/mol. The summed E-state index contributed by atoms with van der Waals surface area (Å²) >= 11 is 0. The zero-order valence-electron chi connectivity index (χ0n) is 16.9. The van der Waals surface area contributed by atoms with Crippen molar-refractivity contribution in [2.24, 2.45) is 0 Å². The maximum atomic E-state index is 11.8. The van der Waals surface area contributed by atoms with Gasteiger partial charge in [0.05, 0.1) is 0 Å². The van der Waals surface area contributed by atoms with E-state index < -0.39 is 0 Å². The number of hydrazine groups is 1. The van der Waals surface area contributed by atoms with E-state index in [1.54, 1.807) is 0 Å². The smallest absolute Gasteiger partial charge is 0.234 e. The molecule has 0 radical (unpaired) electrons. The van der Waals surface area contributed by atoms with Gasteiger partial charge in [-0.1, -0.05) is 114 Å². The first-order valence-corrected chi connectivity index (χ1v) is 10.9. The first-order chi connectivity index (χ1) is 12.8. The molecule has 3 nitrogen and oxygen atoms in total. The van der Waals surface area contributed by atoms with Gasteiger partial charge in [0.2, 0.25) is 5.91 Å². The topological polar surface area (TPSA) is 41.1 Å². The monoisotopic (exact) mass is 360 g/mol. The molecule has 0 saturated carbocycles. The average molecular weight is 361 g/mol. The SMILES string of the molecule is CCCCCCCCCCCCCCCC(=O)NNCc1ccccc1. The highest BCUT2D eigenvalue weighted by atomic mass is 16.2. The highest BCUT2D eigenvalue weighted by molar-refractivity contribution is 5.75. The Morgan fingerprint density at radius 2 is 1.23 bits per heavy atom. The third-order valence-electron chi connectivity index (χ3n) is 4.87. The first-order valence-electron chi connectivity index (χ1n) is 10.9. The predicted molar refractivity (Wildman–Crippen MR) is 112 cm³/mol. The van der Waals surface area contributed by atoms with Crippen LogP contribution in [0.25, 0.3) is 0 Å². The van der Waals surface area contributed by atoms with E-state index in [0.29, 0.717) is 13.0 Å². The maximum Gasteiger partial charge on any atom is 0.234 e. The molecule has 3 heteroatoms. The molecule has 0 unspecified atom stereocenters. The second-order valence-corrected chi connectivity index (χ2v) is 7.38. The van der Waals surface area contributed by atoms with Crippen LogP contribution in [0.3, 0.4) is 0 Å². The molecule has 0 aliphatic heterocycles. The molecule has 0 atom stereocenters. The predicted octanol–water partition coefficient (Wildman–Crippen LogP) is 6.29. The van der Waals surface area contributed by atoms with Gasteiger partial charge >= 0.3 is 0 Å². The van der Waals surface area contributed by atoms with Crippen LogP contribution in [0.5, 0.6) is 0 Å². The van der Waals surface area contributed by atoms with Crippen molar-refractivity contribution in [1.82, 2.24) is 10.9 Å². The maximum absolute atomic E-state index is 11.8. The molecule has 0 aliphatic carbocycles. The summed E-state index contributed by atoms with van der Waals surface area (Å²) in [4.78, 5) is 11.8. The zero-order valence-corrected chi connectivity index (χ0v) is 16.9. The summed E-state index contributed by atoms with van der Waals surface area (Å²) in [5.74, 6) is 0.101. The normalized spacial score (nSPS) is 10.8. The summed E-state index contributed by atoms with van der Waals surface area (Å²) in [7, 11) is 0. The number of carbonyl (C=O) groups excluding carboxylic acids is 1. The Hall–Kier alpha value is -1.35. The number of hydrogen-bond acceptors (Lipinski definition) is 2. The van der Waals surface area contributed by atoms with E-state index in [1.165, 1.54) is 82.6 Å². The summed E-state index contributed by atoms with van der Waals surface area (Å²) < 4.78 is 0. The molecule has 148 valence electrons. The fourth-order valence-electron chi connectivity index (χ4n) is 3.21. The Labute approximate surface area is 161 Å². The molecule has 0 aliphatic rings. The van der Waals surface area contributed by atoms with Crippen LogP contribution in [0.15, 0.2) is 30.3 Å². The van der Waals surface area contributed by atoms with Crippen molar-refractivity contribution in [2.75, 3.05) is 0 Å². The molecule has 1 aromatic rings. The van der Waals surface area contributed by atoms with Crippen molar-refractivity contribution in [3.63, 3.8) is 0 Å². The summed E-state index contributed by atoms with van der Waals surface area (Å²) in [5, 5.41) is 0. The van der Waals surface area contributed by atoms with Crippen LogP contribution in [0.2, 0.25) is 0 Å². The number of amides is 1. The van der Waals surface area contributed by atoms with E-state index in [1.807, 2.05) is 30.3 Å². The fourth-order valence-corrected chi connectivity index (χ4v) is 3.21. The molecular formula is C23H40N2O. The minimum Gasteiger partial charge on any atom is -0.291 e. The number of unbranched alkanes of at least 4 members (excludes halogenated alkanes) is 12. The Bertz CT molecular complexity index is 433. The van der Waals surface area contributed by atoms with Crippen LogP contribution in [-0.2, 0) is 11.3 Å². The van der Waals surface area contributed by atoms with Gasteiger partial charge in [0.1, 0.15) is 0 Å². The van der Waals surface area contributed by atoms with E-state index in [-0.39, 0.29) is 5.91 Å². The van der Waals surface area contributed by atoms with Gasteiger partial charge in [0, 0.05) is 13.0 Å². The Morgan fingerprint density at radius 3 is 1.77 bits per heavy atom. The molecule has 0 spiro atoms.